The third kappa shape index (κ3) is 1.20. The van der Waals surface area contributed by atoms with Gasteiger partial charge in [-0.05, 0) is 42.1 Å². The molecule has 2 bridgehead atoms. The Morgan fingerprint density at radius 1 is 1.47 bits per heavy atom. The summed E-state index contributed by atoms with van der Waals surface area (Å²) in [6, 6.07) is 0.0351. The van der Waals surface area contributed by atoms with E-state index in [1.54, 1.807) is 5.38 Å². The minimum Gasteiger partial charge on any atom is -0.391 e. The predicted molar refractivity (Wildman–Crippen MR) is 60.4 cm³/mol. The summed E-state index contributed by atoms with van der Waals surface area (Å²) >= 11 is 1.19. The molecular formula is C11H13N3O2S. The number of nitrogens with zero attached hydrogens (tertiary/aromatic N) is 3. The average Bonchev–Trinajstić information content (AvgIpc) is 3.02. The first-order valence-corrected chi connectivity index (χ1v) is 6.85. The molecule has 2 aliphatic carbocycles. The molecule has 1 N–H and O–H groups in total. The van der Waals surface area contributed by atoms with Crippen molar-refractivity contribution in [2.75, 3.05) is 6.54 Å². The standard InChI is InChI=1S/C11H13N3O2S/c15-10-5-1-6-3-14(9(10)7(6)2-5)11(16)8-4-17-13-12-8/h4-7,9-10,15H,1-3H2. The van der Waals surface area contributed by atoms with E-state index in [9.17, 15) is 9.90 Å². The molecule has 0 spiro atoms. The van der Waals surface area contributed by atoms with Gasteiger partial charge in [0.25, 0.3) is 5.91 Å². The van der Waals surface area contributed by atoms with Crippen molar-refractivity contribution in [2.45, 2.75) is 25.0 Å². The Labute approximate surface area is 103 Å². The summed E-state index contributed by atoms with van der Waals surface area (Å²) in [4.78, 5) is 14.1. The summed E-state index contributed by atoms with van der Waals surface area (Å²) in [5, 5.41) is 15.7. The number of aromatic nitrogens is 2. The molecule has 2 saturated carbocycles. The second kappa shape index (κ2) is 3.26. The number of carbonyl (C=O) groups is 1. The van der Waals surface area contributed by atoms with Gasteiger partial charge in [0.1, 0.15) is 0 Å². The molecule has 0 radical (unpaired) electrons. The van der Waals surface area contributed by atoms with Crippen LogP contribution < -0.4 is 0 Å². The third-order valence-corrected chi connectivity index (χ3v) is 5.19. The summed E-state index contributed by atoms with van der Waals surface area (Å²) in [7, 11) is 0. The minimum atomic E-state index is -0.325. The average molecular weight is 251 g/mol. The fraction of sp³-hybridized carbons (Fsp3) is 0.727. The van der Waals surface area contributed by atoms with E-state index in [2.05, 4.69) is 9.59 Å². The van der Waals surface area contributed by atoms with Crippen molar-refractivity contribution in [3.05, 3.63) is 11.1 Å². The number of aliphatic hydroxyl groups is 1. The molecule has 1 aromatic heterocycles. The maximum absolute atomic E-state index is 12.3. The van der Waals surface area contributed by atoms with E-state index in [1.807, 2.05) is 4.90 Å². The van der Waals surface area contributed by atoms with Gasteiger partial charge < -0.3 is 10.0 Å². The summed E-state index contributed by atoms with van der Waals surface area (Å²) < 4.78 is 3.73. The highest BCUT2D eigenvalue weighted by atomic mass is 32.1. The Kier molecular flexibility index (Phi) is 1.91. The lowest BCUT2D eigenvalue weighted by Gasteiger charge is -2.28. The Hall–Kier alpha value is -1.01. The van der Waals surface area contributed by atoms with E-state index >= 15 is 0 Å². The topological polar surface area (TPSA) is 66.3 Å². The lowest BCUT2D eigenvalue weighted by atomic mass is 9.88. The van der Waals surface area contributed by atoms with Gasteiger partial charge in [-0.3, -0.25) is 4.79 Å². The van der Waals surface area contributed by atoms with E-state index in [4.69, 9.17) is 0 Å². The molecule has 90 valence electrons. The van der Waals surface area contributed by atoms with Crippen molar-refractivity contribution < 1.29 is 9.90 Å². The van der Waals surface area contributed by atoms with E-state index < -0.39 is 0 Å². The molecule has 5 unspecified atom stereocenters. The van der Waals surface area contributed by atoms with Gasteiger partial charge >= 0.3 is 0 Å². The summed E-state index contributed by atoms with van der Waals surface area (Å²) in [5.74, 6) is 1.48. The first-order valence-electron chi connectivity index (χ1n) is 6.02. The number of hydrogen-bond acceptors (Lipinski definition) is 5. The van der Waals surface area contributed by atoms with Crippen LogP contribution >= 0.6 is 11.5 Å². The number of fused-ring (bicyclic) bond motifs is 1. The normalized spacial score (nSPS) is 42.4. The van der Waals surface area contributed by atoms with Crippen molar-refractivity contribution in [1.29, 1.82) is 0 Å². The molecule has 4 rings (SSSR count). The van der Waals surface area contributed by atoms with Crippen LogP contribution in [0.2, 0.25) is 0 Å². The third-order valence-electron chi connectivity index (χ3n) is 4.69. The molecule has 5 atom stereocenters. The Bertz CT molecular complexity index is 461. The van der Waals surface area contributed by atoms with Crippen LogP contribution in [0.25, 0.3) is 0 Å². The fourth-order valence-electron chi connectivity index (χ4n) is 4.05. The highest BCUT2D eigenvalue weighted by Gasteiger charge is 2.60. The number of aliphatic hydroxyl groups excluding tert-OH is 1. The van der Waals surface area contributed by atoms with E-state index in [-0.39, 0.29) is 18.1 Å². The van der Waals surface area contributed by atoms with Gasteiger partial charge in [0.2, 0.25) is 0 Å². The molecule has 5 nitrogen and oxygen atoms in total. The van der Waals surface area contributed by atoms with Crippen LogP contribution in [0, 0.1) is 17.8 Å². The summed E-state index contributed by atoms with van der Waals surface area (Å²) in [6.45, 7) is 0.791. The van der Waals surface area contributed by atoms with Gasteiger partial charge in [0.15, 0.2) is 5.69 Å². The number of rotatable bonds is 1. The molecule has 3 aliphatic rings. The zero-order valence-corrected chi connectivity index (χ0v) is 10.0. The summed E-state index contributed by atoms with van der Waals surface area (Å²) in [6.07, 6.45) is 1.85. The lowest BCUT2D eigenvalue weighted by molar-refractivity contribution is 0.0398. The maximum atomic E-state index is 12.3. The molecule has 17 heavy (non-hydrogen) atoms. The van der Waals surface area contributed by atoms with Crippen LogP contribution in [0.1, 0.15) is 23.3 Å². The zero-order chi connectivity index (χ0) is 11.6. The van der Waals surface area contributed by atoms with Crippen LogP contribution in [-0.2, 0) is 0 Å². The van der Waals surface area contributed by atoms with E-state index in [0.717, 1.165) is 19.4 Å². The molecule has 1 amide bonds. The Morgan fingerprint density at radius 3 is 3.06 bits per heavy atom. The van der Waals surface area contributed by atoms with Crippen molar-refractivity contribution in [3.8, 4) is 0 Å². The lowest BCUT2D eigenvalue weighted by Crippen LogP contribution is -2.43. The number of amides is 1. The van der Waals surface area contributed by atoms with Gasteiger partial charge in [-0.1, -0.05) is 4.49 Å². The van der Waals surface area contributed by atoms with Crippen LogP contribution in [0.3, 0.4) is 0 Å². The summed E-state index contributed by atoms with van der Waals surface area (Å²) in [5.41, 5.74) is 0.423. The SMILES string of the molecule is O=C(c1csnn1)N1CC2CC3CC2C1C3O. The molecule has 6 heteroatoms. The van der Waals surface area contributed by atoms with Gasteiger partial charge in [0, 0.05) is 11.9 Å². The first kappa shape index (κ1) is 9.96. The molecule has 0 aromatic carbocycles. The van der Waals surface area contributed by atoms with E-state index in [1.165, 1.54) is 11.5 Å². The second-order valence-corrected chi connectivity index (χ2v) is 5.99. The highest BCUT2D eigenvalue weighted by molar-refractivity contribution is 7.03. The van der Waals surface area contributed by atoms with Crippen LogP contribution in [0.5, 0.6) is 0 Å². The smallest absolute Gasteiger partial charge is 0.275 e. The van der Waals surface area contributed by atoms with Crippen LogP contribution in [-0.4, -0.2) is 44.2 Å². The van der Waals surface area contributed by atoms with Crippen molar-refractivity contribution in [1.82, 2.24) is 14.5 Å². The monoisotopic (exact) mass is 251 g/mol. The van der Waals surface area contributed by atoms with Crippen molar-refractivity contribution in [3.63, 3.8) is 0 Å². The molecule has 1 saturated heterocycles. The Balaban J connectivity index is 1.66. The quantitative estimate of drug-likeness (QED) is 0.783. The molecule has 1 aliphatic heterocycles. The van der Waals surface area contributed by atoms with Crippen molar-refractivity contribution >= 4 is 17.4 Å². The van der Waals surface area contributed by atoms with Gasteiger partial charge in [0.05, 0.1) is 12.1 Å². The van der Waals surface area contributed by atoms with E-state index in [0.29, 0.717) is 23.4 Å². The number of carbonyl (C=O) groups excluding carboxylic acids is 1. The zero-order valence-electron chi connectivity index (χ0n) is 9.19. The second-order valence-electron chi connectivity index (χ2n) is 5.38. The van der Waals surface area contributed by atoms with Crippen LogP contribution in [0.4, 0.5) is 0 Å². The van der Waals surface area contributed by atoms with Crippen molar-refractivity contribution in [2.24, 2.45) is 17.8 Å². The Morgan fingerprint density at radius 2 is 2.35 bits per heavy atom. The molecule has 3 fully saturated rings. The predicted octanol–water partition coefficient (Wildman–Crippen LogP) is 0.379. The highest BCUT2D eigenvalue weighted by Crippen LogP contribution is 2.55. The first-order chi connectivity index (χ1) is 8.25. The maximum Gasteiger partial charge on any atom is 0.275 e. The van der Waals surface area contributed by atoms with Gasteiger partial charge in [-0.15, -0.1) is 5.10 Å². The number of hydrogen-bond donors (Lipinski definition) is 1. The number of likely N-dealkylation sites (tertiary alicyclic amines) is 1. The largest absolute Gasteiger partial charge is 0.391 e. The van der Waals surface area contributed by atoms with Gasteiger partial charge in [-0.2, -0.15) is 0 Å². The molecule has 1 aromatic rings. The fourth-order valence-corrected chi connectivity index (χ4v) is 4.48. The van der Waals surface area contributed by atoms with Crippen LogP contribution in [0.15, 0.2) is 5.38 Å². The minimum absolute atomic E-state index is 0.0351. The molecule has 2 heterocycles. The van der Waals surface area contributed by atoms with Gasteiger partial charge in [-0.25, -0.2) is 0 Å². The molecular weight excluding hydrogens is 238 g/mol.